The van der Waals surface area contributed by atoms with Gasteiger partial charge >= 0.3 is 0 Å². The smallest absolute Gasteiger partial charge is 0.225 e. The van der Waals surface area contributed by atoms with E-state index < -0.39 is 6.10 Å². The Balaban J connectivity index is 1.79. The number of nitrogens with zero attached hydrogens (tertiary/aromatic N) is 2. The fourth-order valence-electron chi connectivity index (χ4n) is 4.10. The molecule has 2 aromatic rings. The lowest BCUT2D eigenvalue weighted by Crippen LogP contribution is -2.44. The number of hydrogen-bond acceptors (Lipinski definition) is 3. The number of rotatable bonds is 4. The lowest BCUT2D eigenvalue weighted by atomic mass is 9.68. The molecule has 2 heterocycles. The summed E-state index contributed by atoms with van der Waals surface area (Å²) < 4.78 is 0. The molecule has 0 radical (unpaired) electrons. The predicted molar refractivity (Wildman–Crippen MR) is 104 cm³/mol. The largest absolute Gasteiger partial charge is 0.388 e. The summed E-state index contributed by atoms with van der Waals surface area (Å²) in [6.07, 6.45) is 2.85. The number of fused-ring (bicyclic) bond motifs is 1. The highest BCUT2D eigenvalue weighted by Gasteiger charge is 2.40. The number of benzene rings is 1. The van der Waals surface area contributed by atoms with Gasteiger partial charge in [-0.05, 0) is 36.3 Å². The maximum atomic E-state index is 12.2. The van der Waals surface area contributed by atoms with Gasteiger partial charge in [0, 0.05) is 35.0 Å². The molecule has 0 aliphatic carbocycles. The maximum Gasteiger partial charge on any atom is 0.225 e. The summed E-state index contributed by atoms with van der Waals surface area (Å²) in [5.74, 6) is 0.576. The van der Waals surface area contributed by atoms with Gasteiger partial charge < -0.3 is 10.0 Å². The zero-order valence-corrected chi connectivity index (χ0v) is 16.7. The van der Waals surface area contributed by atoms with Crippen LogP contribution in [0.4, 0.5) is 0 Å². The predicted octanol–water partition coefficient (Wildman–Crippen LogP) is 4.17. The van der Waals surface area contributed by atoms with Crippen LogP contribution in [0, 0.1) is 17.3 Å². The molecule has 142 valence electrons. The monoisotopic (exact) mass is 377 g/mol. The molecule has 1 amide bonds. The summed E-state index contributed by atoms with van der Waals surface area (Å²) in [6, 6.07) is 3.67. The van der Waals surface area contributed by atoms with Gasteiger partial charge in [-0.2, -0.15) is 5.10 Å². The van der Waals surface area contributed by atoms with Crippen LogP contribution in [-0.2, 0) is 4.79 Å². The van der Waals surface area contributed by atoms with Crippen molar-refractivity contribution < 1.29 is 9.90 Å². The number of aliphatic hydroxyl groups excluding tert-OH is 1. The minimum Gasteiger partial charge on any atom is -0.388 e. The summed E-state index contributed by atoms with van der Waals surface area (Å²) in [4.78, 5) is 14.2. The van der Waals surface area contributed by atoms with Gasteiger partial charge in [0.2, 0.25) is 5.91 Å². The van der Waals surface area contributed by atoms with E-state index in [1.165, 1.54) is 0 Å². The van der Waals surface area contributed by atoms with Crippen molar-refractivity contribution in [2.24, 2.45) is 17.3 Å². The molecule has 0 unspecified atom stereocenters. The summed E-state index contributed by atoms with van der Waals surface area (Å²) in [6.45, 7) is 9.60. The molecule has 2 N–H and O–H groups in total. The molecular weight excluding hydrogens is 350 g/mol. The molecule has 0 bridgehead atoms. The van der Waals surface area contributed by atoms with Gasteiger partial charge in [0.15, 0.2) is 0 Å². The Hall–Kier alpha value is -1.59. The van der Waals surface area contributed by atoms with Crippen molar-refractivity contribution in [1.29, 1.82) is 0 Å². The molecule has 1 atom stereocenters. The molecule has 0 saturated carbocycles. The number of amides is 1. The Bertz CT molecular complexity index is 791. The summed E-state index contributed by atoms with van der Waals surface area (Å²) >= 11 is 6.25. The number of halogens is 1. The molecular formula is C20H28ClN3O2. The van der Waals surface area contributed by atoms with Crippen molar-refractivity contribution in [3.63, 3.8) is 0 Å². The molecule has 1 aliphatic rings. The number of hydrogen-bond donors (Lipinski definition) is 2. The van der Waals surface area contributed by atoms with Gasteiger partial charge in [0.05, 0.1) is 17.8 Å². The van der Waals surface area contributed by atoms with Crippen LogP contribution < -0.4 is 0 Å². The van der Waals surface area contributed by atoms with Gasteiger partial charge in [-0.15, -0.1) is 0 Å². The summed E-state index contributed by atoms with van der Waals surface area (Å²) in [5.41, 5.74) is 1.29. The van der Waals surface area contributed by atoms with E-state index in [1.807, 2.05) is 30.9 Å². The fourth-order valence-corrected chi connectivity index (χ4v) is 4.33. The average molecular weight is 378 g/mol. The maximum absolute atomic E-state index is 12.2. The van der Waals surface area contributed by atoms with E-state index in [0.29, 0.717) is 10.9 Å². The van der Waals surface area contributed by atoms with Crippen LogP contribution in [0.3, 0.4) is 0 Å². The van der Waals surface area contributed by atoms with Crippen molar-refractivity contribution in [3.05, 3.63) is 28.9 Å². The van der Waals surface area contributed by atoms with E-state index in [9.17, 15) is 9.90 Å². The minimum absolute atomic E-state index is 0.0327. The van der Waals surface area contributed by atoms with Crippen molar-refractivity contribution in [1.82, 2.24) is 15.1 Å². The third-order valence-electron chi connectivity index (χ3n) is 5.90. The van der Waals surface area contributed by atoms with Crippen LogP contribution in [0.2, 0.25) is 5.02 Å². The highest BCUT2D eigenvalue weighted by atomic mass is 35.5. The molecule has 1 fully saturated rings. The zero-order valence-electron chi connectivity index (χ0n) is 15.9. The summed E-state index contributed by atoms with van der Waals surface area (Å²) in [7, 11) is 0. The first kappa shape index (κ1) is 19.2. The zero-order chi connectivity index (χ0) is 19.1. The number of likely N-dealkylation sites (tertiary alicyclic amines) is 1. The van der Waals surface area contributed by atoms with E-state index in [0.717, 1.165) is 42.4 Å². The van der Waals surface area contributed by atoms with Gasteiger partial charge in [-0.3, -0.25) is 9.89 Å². The topological polar surface area (TPSA) is 69.2 Å². The number of aromatic amines is 1. The van der Waals surface area contributed by atoms with Crippen molar-refractivity contribution in [2.75, 3.05) is 13.1 Å². The van der Waals surface area contributed by atoms with E-state index >= 15 is 0 Å². The standard InChI is InChI=1S/C20H28ClN3O2/c1-12(2)19(26)24-7-5-14(6-8-24)20(3,4)18(25)16-10-15(21)9-13-11-22-23-17(13)16/h9-12,14,18,25H,5-8H2,1-4H3,(H,22,23)/t18-/m1/s1. The molecule has 1 aromatic heterocycles. The molecule has 1 saturated heterocycles. The lowest BCUT2D eigenvalue weighted by molar-refractivity contribution is -0.137. The Morgan fingerprint density at radius 2 is 2.00 bits per heavy atom. The third-order valence-corrected chi connectivity index (χ3v) is 6.11. The number of carbonyl (C=O) groups is 1. The fraction of sp³-hybridized carbons (Fsp3) is 0.600. The normalized spacial score (nSPS) is 17.9. The first-order valence-corrected chi connectivity index (χ1v) is 9.69. The number of aliphatic hydroxyl groups is 1. The third kappa shape index (κ3) is 3.47. The van der Waals surface area contributed by atoms with Crippen LogP contribution in [0.25, 0.3) is 10.9 Å². The molecule has 3 rings (SSSR count). The van der Waals surface area contributed by atoms with Crippen molar-refractivity contribution in [3.8, 4) is 0 Å². The molecule has 1 aliphatic heterocycles. The Morgan fingerprint density at radius 1 is 1.35 bits per heavy atom. The van der Waals surface area contributed by atoms with E-state index in [2.05, 4.69) is 24.0 Å². The average Bonchev–Trinajstić information content (AvgIpc) is 3.07. The molecule has 1 aromatic carbocycles. The van der Waals surface area contributed by atoms with Crippen LogP contribution in [0.5, 0.6) is 0 Å². The highest BCUT2D eigenvalue weighted by molar-refractivity contribution is 6.31. The summed E-state index contributed by atoms with van der Waals surface area (Å²) in [5, 5.41) is 19.8. The first-order chi connectivity index (χ1) is 12.2. The van der Waals surface area contributed by atoms with Gasteiger partial charge in [0.1, 0.15) is 0 Å². The van der Waals surface area contributed by atoms with Gasteiger partial charge in [-0.25, -0.2) is 0 Å². The Kier molecular flexibility index (Phi) is 5.31. The molecule has 0 spiro atoms. The van der Waals surface area contributed by atoms with E-state index in [4.69, 9.17) is 11.6 Å². The lowest BCUT2D eigenvalue weighted by Gasteiger charge is -2.43. The van der Waals surface area contributed by atoms with Gasteiger partial charge in [0.25, 0.3) is 0 Å². The minimum atomic E-state index is -0.665. The highest BCUT2D eigenvalue weighted by Crippen LogP contribution is 2.46. The number of carbonyl (C=O) groups excluding carboxylic acids is 1. The van der Waals surface area contributed by atoms with Crippen LogP contribution >= 0.6 is 11.6 Å². The van der Waals surface area contributed by atoms with Crippen LogP contribution in [-0.4, -0.2) is 39.2 Å². The van der Waals surface area contributed by atoms with Crippen LogP contribution in [0.15, 0.2) is 18.3 Å². The number of H-pyrrole nitrogens is 1. The molecule has 26 heavy (non-hydrogen) atoms. The molecule has 5 nitrogen and oxygen atoms in total. The molecule has 6 heteroatoms. The second kappa shape index (κ2) is 7.20. The number of piperidine rings is 1. The quantitative estimate of drug-likeness (QED) is 0.840. The second-order valence-corrected chi connectivity index (χ2v) is 8.74. The SMILES string of the molecule is CC(C)C(=O)N1CCC(C(C)(C)[C@H](O)c2cc(Cl)cc3cn[nH]c23)CC1. The Labute approximate surface area is 159 Å². The van der Waals surface area contributed by atoms with Crippen molar-refractivity contribution >= 4 is 28.4 Å². The van der Waals surface area contributed by atoms with Crippen molar-refractivity contribution in [2.45, 2.75) is 46.6 Å². The first-order valence-electron chi connectivity index (χ1n) is 9.31. The number of nitrogens with one attached hydrogen (secondary N) is 1. The number of aromatic nitrogens is 2. The van der Waals surface area contributed by atoms with E-state index in [-0.39, 0.29) is 17.2 Å². The van der Waals surface area contributed by atoms with Crippen LogP contribution in [0.1, 0.15) is 52.2 Å². The van der Waals surface area contributed by atoms with Gasteiger partial charge in [-0.1, -0.05) is 39.3 Å². The Morgan fingerprint density at radius 3 is 2.62 bits per heavy atom. The second-order valence-electron chi connectivity index (χ2n) is 8.31. The van der Waals surface area contributed by atoms with E-state index in [1.54, 1.807) is 6.20 Å².